The van der Waals surface area contributed by atoms with E-state index in [0.29, 0.717) is 0 Å². The van der Waals surface area contributed by atoms with E-state index in [2.05, 4.69) is 66.7 Å². The standard InChI is InChI=1S/C27H42O2/c1-19(17-22(18-24(28)29)26(6,7)8)16-21(25(3,4)5)13-14-23-20(2)12-11-15-27(23,9)10/h13-14,16-18H,11-12,15H2,1-10H3,(H,28,29)/b14-13+,19-17+,21-16-,22-18-. The van der Waals surface area contributed by atoms with Crippen LogP contribution in [-0.2, 0) is 4.79 Å². The fourth-order valence-corrected chi connectivity index (χ4v) is 3.84. The maximum Gasteiger partial charge on any atom is 0.328 e. The second kappa shape index (κ2) is 9.32. The molecule has 1 aliphatic carbocycles. The summed E-state index contributed by atoms with van der Waals surface area (Å²) in [6.45, 7) is 21.8. The van der Waals surface area contributed by atoms with Crippen molar-refractivity contribution in [1.29, 1.82) is 0 Å². The zero-order valence-corrected chi connectivity index (χ0v) is 20.4. The molecule has 0 spiro atoms. The maximum absolute atomic E-state index is 11.3. The van der Waals surface area contributed by atoms with Gasteiger partial charge in [0.2, 0.25) is 0 Å². The zero-order valence-electron chi connectivity index (χ0n) is 20.4. The highest BCUT2D eigenvalue weighted by Gasteiger charge is 2.27. The van der Waals surface area contributed by atoms with Gasteiger partial charge < -0.3 is 5.11 Å². The van der Waals surface area contributed by atoms with Gasteiger partial charge in [0.15, 0.2) is 0 Å². The van der Waals surface area contributed by atoms with Gasteiger partial charge in [-0.05, 0) is 66.1 Å². The highest BCUT2D eigenvalue weighted by Crippen LogP contribution is 2.41. The van der Waals surface area contributed by atoms with Crippen molar-refractivity contribution in [3.63, 3.8) is 0 Å². The van der Waals surface area contributed by atoms with Crippen molar-refractivity contribution in [2.24, 2.45) is 16.2 Å². The molecule has 2 heteroatoms. The number of carboxylic acid groups (broad SMARTS) is 1. The summed E-state index contributed by atoms with van der Waals surface area (Å²) < 4.78 is 0. The quantitative estimate of drug-likeness (QED) is 0.376. The van der Waals surface area contributed by atoms with Crippen molar-refractivity contribution in [2.45, 2.75) is 88.5 Å². The summed E-state index contributed by atoms with van der Waals surface area (Å²) in [5.74, 6) is -0.902. The molecule has 1 N–H and O–H groups in total. The van der Waals surface area contributed by atoms with Gasteiger partial charge in [0.05, 0.1) is 0 Å². The molecule has 0 radical (unpaired) electrons. The van der Waals surface area contributed by atoms with E-state index in [-0.39, 0.29) is 16.2 Å². The molecule has 29 heavy (non-hydrogen) atoms. The summed E-state index contributed by atoms with van der Waals surface area (Å²) in [5.41, 5.74) is 6.08. The molecule has 0 fully saturated rings. The number of carboxylic acids is 1. The zero-order chi connectivity index (χ0) is 22.6. The van der Waals surface area contributed by atoms with Crippen LogP contribution in [0.4, 0.5) is 0 Å². The van der Waals surface area contributed by atoms with Crippen LogP contribution in [0.1, 0.15) is 88.5 Å². The van der Waals surface area contributed by atoms with Gasteiger partial charge in [-0.1, -0.05) is 90.8 Å². The van der Waals surface area contributed by atoms with Crippen LogP contribution >= 0.6 is 0 Å². The molecule has 1 aliphatic rings. The molecule has 0 atom stereocenters. The van der Waals surface area contributed by atoms with Crippen LogP contribution in [-0.4, -0.2) is 11.1 Å². The monoisotopic (exact) mass is 398 g/mol. The molecular weight excluding hydrogens is 356 g/mol. The van der Waals surface area contributed by atoms with E-state index in [1.165, 1.54) is 42.1 Å². The van der Waals surface area contributed by atoms with E-state index < -0.39 is 5.97 Å². The lowest BCUT2D eigenvalue weighted by molar-refractivity contribution is -0.131. The molecule has 162 valence electrons. The van der Waals surface area contributed by atoms with Gasteiger partial charge in [-0.15, -0.1) is 0 Å². The van der Waals surface area contributed by atoms with E-state index in [9.17, 15) is 9.90 Å². The van der Waals surface area contributed by atoms with Gasteiger partial charge in [0, 0.05) is 6.08 Å². The van der Waals surface area contributed by atoms with Crippen molar-refractivity contribution in [1.82, 2.24) is 0 Å². The first kappa shape index (κ1) is 25.2. The predicted molar refractivity (Wildman–Crippen MR) is 126 cm³/mol. The normalized spacial score (nSPS) is 19.9. The summed E-state index contributed by atoms with van der Waals surface area (Å²) in [6.07, 6.45) is 13.8. The smallest absolute Gasteiger partial charge is 0.328 e. The molecule has 0 aromatic rings. The molecule has 0 aromatic heterocycles. The molecule has 0 unspecified atom stereocenters. The van der Waals surface area contributed by atoms with Crippen LogP contribution in [0.5, 0.6) is 0 Å². The van der Waals surface area contributed by atoms with Crippen LogP contribution in [0.15, 0.2) is 58.2 Å². The van der Waals surface area contributed by atoms with Gasteiger partial charge >= 0.3 is 5.97 Å². The minimum absolute atomic E-state index is 0.00270. The Labute approximate surface area is 179 Å². The molecule has 0 amide bonds. The van der Waals surface area contributed by atoms with Crippen molar-refractivity contribution in [3.05, 3.63) is 58.2 Å². The second-order valence-electron chi connectivity index (χ2n) is 11.2. The summed E-state index contributed by atoms with van der Waals surface area (Å²) in [6, 6.07) is 0. The minimum atomic E-state index is -0.902. The molecule has 0 saturated carbocycles. The van der Waals surface area contributed by atoms with E-state index >= 15 is 0 Å². The van der Waals surface area contributed by atoms with Crippen LogP contribution in [0, 0.1) is 16.2 Å². The van der Waals surface area contributed by atoms with Crippen LogP contribution in [0.25, 0.3) is 0 Å². The first-order valence-electron chi connectivity index (χ1n) is 10.8. The van der Waals surface area contributed by atoms with E-state index in [1.54, 1.807) is 0 Å². The Bertz CT molecular complexity index is 766. The first-order chi connectivity index (χ1) is 13.0. The van der Waals surface area contributed by atoms with E-state index in [0.717, 1.165) is 11.1 Å². The van der Waals surface area contributed by atoms with Crippen molar-refractivity contribution >= 4 is 5.97 Å². The first-order valence-corrected chi connectivity index (χ1v) is 10.8. The second-order valence-corrected chi connectivity index (χ2v) is 11.2. The number of rotatable bonds is 5. The van der Waals surface area contributed by atoms with Gasteiger partial charge in [-0.25, -0.2) is 4.79 Å². The van der Waals surface area contributed by atoms with Crippen molar-refractivity contribution < 1.29 is 9.90 Å². The molecule has 0 aromatic carbocycles. The topological polar surface area (TPSA) is 37.3 Å². The fraction of sp³-hybridized carbons (Fsp3) is 0.593. The van der Waals surface area contributed by atoms with Gasteiger partial charge in [0.25, 0.3) is 0 Å². The van der Waals surface area contributed by atoms with Crippen molar-refractivity contribution in [2.75, 3.05) is 0 Å². The van der Waals surface area contributed by atoms with Gasteiger partial charge in [0.1, 0.15) is 0 Å². The fourth-order valence-electron chi connectivity index (χ4n) is 3.84. The Morgan fingerprint density at radius 1 is 0.966 bits per heavy atom. The minimum Gasteiger partial charge on any atom is -0.478 e. The Hall–Kier alpha value is -1.83. The van der Waals surface area contributed by atoms with Crippen molar-refractivity contribution in [3.8, 4) is 0 Å². The summed E-state index contributed by atoms with van der Waals surface area (Å²) >= 11 is 0. The molecular formula is C27H42O2. The molecule has 0 aliphatic heterocycles. The van der Waals surface area contributed by atoms with Gasteiger partial charge in [-0.2, -0.15) is 0 Å². The number of aliphatic carboxylic acids is 1. The maximum atomic E-state index is 11.3. The Morgan fingerprint density at radius 2 is 1.52 bits per heavy atom. The number of carbonyl (C=O) groups is 1. The lowest BCUT2D eigenvalue weighted by atomic mass is 9.72. The number of allylic oxidation sites excluding steroid dienone is 9. The third kappa shape index (κ3) is 7.84. The van der Waals surface area contributed by atoms with Crippen LogP contribution < -0.4 is 0 Å². The SMILES string of the molecule is CC1=C(/C=C/C(=C/C(C)=C/C(=C/C(=O)O)C(C)(C)C)C(C)(C)C)C(C)(C)CCC1. The van der Waals surface area contributed by atoms with Crippen LogP contribution in [0.3, 0.4) is 0 Å². The Balaban J connectivity index is 3.38. The molecule has 1 rings (SSSR count). The predicted octanol–water partition coefficient (Wildman–Crippen LogP) is 8.05. The molecule has 2 nitrogen and oxygen atoms in total. The molecule has 0 bridgehead atoms. The Morgan fingerprint density at radius 3 is 1.97 bits per heavy atom. The average Bonchev–Trinajstić information content (AvgIpc) is 2.49. The highest BCUT2D eigenvalue weighted by atomic mass is 16.4. The largest absolute Gasteiger partial charge is 0.478 e. The summed E-state index contributed by atoms with van der Waals surface area (Å²) in [4.78, 5) is 11.3. The van der Waals surface area contributed by atoms with Crippen LogP contribution in [0.2, 0.25) is 0 Å². The van der Waals surface area contributed by atoms with Gasteiger partial charge in [-0.3, -0.25) is 0 Å². The van der Waals surface area contributed by atoms with E-state index in [4.69, 9.17) is 0 Å². The lowest BCUT2D eigenvalue weighted by Crippen LogP contribution is -2.19. The average molecular weight is 399 g/mol. The summed E-state index contributed by atoms with van der Waals surface area (Å²) in [5, 5.41) is 9.24. The lowest BCUT2D eigenvalue weighted by Gasteiger charge is -2.33. The number of hydrogen-bond acceptors (Lipinski definition) is 1. The Kier molecular flexibility index (Phi) is 8.10. The third-order valence-corrected chi connectivity index (χ3v) is 5.75. The summed E-state index contributed by atoms with van der Waals surface area (Å²) in [7, 11) is 0. The van der Waals surface area contributed by atoms with E-state index in [1.807, 2.05) is 26.8 Å². The molecule has 0 heterocycles. The molecule has 0 saturated heterocycles. The third-order valence-electron chi connectivity index (χ3n) is 5.75. The highest BCUT2D eigenvalue weighted by molar-refractivity contribution is 5.81. The number of hydrogen-bond donors (Lipinski definition) is 1.